The molecule has 1 unspecified atom stereocenters. The molecule has 1 amide bonds. The van der Waals surface area contributed by atoms with E-state index < -0.39 is 6.04 Å². The normalized spacial score (nSPS) is 12.4. The summed E-state index contributed by atoms with van der Waals surface area (Å²) in [6.07, 6.45) is 0.570. The van der Waals surface area contributed by atoms with Gasteiger partial charge in [0.05, 0.1) is 6.04 Å². The fourth-order valence-corrected chi connectivity index (χ4v) is 1.90. The lowest BCUT2D eigenvalue weighted by molar-refractivity contribution is -0.122. The molecule has 1 rings (SSSR count). The second kappa shape index (κ2) is 9.50. The smallest absolute Gasteiger partial charge is 0.237 e. The first-order valence-electron chi connectivity index (χ1n) is 7.43. The van der Waals surface area contributed by atoms with Crippen molar-refractivity contribution >= 4 is 5.91 Å². The minimum absolute atomic E-state index is 0.0926. The van der Waals surface area contributed by atoms with Gasteiger partial charge in [-0.15, -0.1) is 0 Å². The molecule has 1 aromatic carbocycles. The first kappa shape index (κ1) is 17.6. The Kier molecular flexibility index (Phi) is 7.97. The van der Waals surface area contributed by atoms with Gasteiger partial charge in [0, 0.05) is 26.2 Å². The van der Waals surface area contributed by atoms with E-state index in [-0.39, 0.29) is 5.91 Å². The summed E-state index contributed by atoms with van der Waals surface area (Å²) in [5.41, 5.74) is 8.23. The van der Waals surface area contributed by atoms with Gasteiger partial charge in [-0.25, -0.2) is 0 Å². The molecule has 5 heteroatoms. The number of nitrogens with one attached hydrogen (secondary N) is 2. The molecule has 0 saturated heterocycles. The standard InChI is InChI=1S/C16H28N4O/c1-13-4-6-14(7-5-13)12-15(17)16(21)19-9-8-18-10-11-20(2)3/h4-7,15,18H,8-12,17H2,1-3H3,(H,19,21). The van der Waals surface area contributed by atoms with Crippen LogP contribution in [0.25, 0.3) is 0 Å². The van der Waals surface area contributed by atoms with E-state index >= 15 is 0 Å². The molecule has 118 valence electrons. The molecule has 0 heterocycles. The van der Waals surface area contributed by atoms with Crippen molar-refractivity contribution in [1.82, 2.24) is 15.5 Å². The zero-order valence-corrected chi connectivity index (χ0v) is 13.4. The number of hydrogen-bond donors (Lipinski definition) is 3. The van der Waals surface area contributed by atoms with Gasteiger partial charge < -0.3 is 21.3 Å². The highest BCUT2D eigenvalue weighted by molar-refractivity contribution is 5.81. The van der Waals surface area contributed by atoms with Gasteiger partial charge >= 0.3 is 0 Å². The van der Waals surface area contributed by atoms with E-state index in [9.17, 15) is 4.79 Å². The number of amides is 1. The zero-order chi connectivity index (χ0) is 15.7. The van der Waals surface area contributed by atoms with Crippen molar-refractivity contribution in [3.05, 3.63) is 35.4 Å². The van der Waals surface area contributed by atoms with Crippen molar-refractivity contribution in [1.29, 1.82) is 0 Å². The van der Waals surface area contributed by atoms with E-state index in [1.165, 1.54) is 5.56 Å². The predicted molar refractivity (Wildman–Crippen MR) is 87.3 cm³/mol. The van der Waals surface area contributed by atoms with Gasteiger partial charge in [-0.05, 0) is 33.0 Å². The monoisotopic (exact) mass is 292 g/mol. The number of aryl methyl sites for hydroxylation is 1. The first-order valence-corrected chi connectivity index (χ1v) is 7.43. The lowest BCUT2D eigenvalue weighted by Gasteiger charge is -2.13. The topological polar surface area (TPSA) is 70.4 Å². The molecule has 4 N–H and O–H groups in total. The highest BCUT2D eigenvalue weighted by Gasteiger charge is 2.13. The number of nitrogens with zero attached hydrogens (tertiary/aromatic N) is 1. The molecule has 5 nitrogen and oxygen atoms in total. The van der Waals surface area contributed by atoms with E-state index in [4.69, 9.17) is 5.73 Å². The van der Waals surface area contributed by atoms with Crippen molar-refractivity contribution in [2.45, 2.75) is 19.4 Å². The Labute approximate surface area is 127 Å². The van der Waals surface area contributed by atoms with E-state index in [1.54, 1.807) is 0 Å². The Morgan fingerprint density at radius 1 is 1.19 bits per heavy atom. The van der Waals surface area contributed by atoms with Crippen molar-refractivity contribution in [3.63, 3.8) is 0 Å². The van der Waals surface area contributed by atoms with Gasteiger partial charge in [-0.1, -0.05) is 29.8 Å². The quantitative estimate of drug-likeness (QED) is 0.566. The molecule has 0 bridgehead atoms. The maximum absolute atomic E-state index is 11.9. The summed E-state index contributed by atoms with van der Waals surface area (Å²) in [5.74, 6) is -0.0926. The molecule has 0 radical (unpaired) electrons. The number of carbonyl (C=O) groups is 1. The Morgan fingerprint density at radius 3 is 2.48 bits per heavy atom. The van der Waals surface area contributed by atoms with Crippen molar-refractivity contribution < 1.29 is 4.79 Å². The van der Waals surface area contributed by atoms with Crippen LogP contribution in [0.3, 0.4) is 0 Å². The Balaban J connectivity index is 2.18. The van der Waals surface area contributed by atoms with Crippen LogP contribution in [-0.4, -0.2) is 57.1 Å². The van der Waals surface area contributed by atoms with E-state index in [0.29, 0.717) is 13.0 Å². The average molecular weight is 292 g/mol. The predicted octanol–water partition coefficient (Wildman–Crippen LogP) is 0.132. The number of carbonyl (C=O) groups excluding carboxylic acids is 1. The van der Waals surface area contributed by atoms with Gasteiger partial charge in [-0.2, -0.15) is 0 Å². The summed E-state index contributed by atoms with van der Waals surface area (Å²) in [4.78, 5) is 14.0. The molecular weight excluding hydrogens is 264 g/mol. The van der Waals surface area contributed by atoms with Crippen LogP contribution in [0, 0.1) is 6.92 Å². The lowest BCUT2D eigenvalue weighted by atomic mass is 10.0. The fraction of sp³-hybridized carbons (Fsp3) is 0.562. The number of nitrogens with two attached hydrogens (primary N) is 1. The highest BCUT2D eigenvalue weighted by Crippen LogP contribution is 2.05. The largest absolute Gasteiger partial charge is 0.353 e. The number of likely N-dealkylation sites (N-methyl/N-ethyl adjacent to an activating group) is 1. The number of rotatable bonds is 9. The van der Waals surface area contributed by atoms with E-state index in [0.717, 1.165) is 25.2 Å². The maximum Gasteiger partial charge on any atom is 0.237 e. The molecule has 21 heavy (non-hydrogen) atoms. The van der Waals surface area contributed by atoms with E-state index in [1.807, 2.05) is 45.3 Å². The summed E-state index contributed by atoms with van der Waals surface area (Å²) in [6.45, 7) is 5.31. The third kappa shape index (κ3) is 7.80. The molecule has 1 aromatic rings. The van der Waals surface area contributed by atoms with Gasteiger partial charge in [0.15, 0.2) is 0 Å². The van der Waals surface area contributed by atoms with Crippen LogP contribution in [0.1, 0.15) is 11.1 Å². The Bertz CT molecular complexity index is 417. The molecule has 1 atom stereocenters. The maximum atomic E-state index is 11.9. The van der Waals surface area contributed by atoms with Gasteiger partial charge in [0.2, 0.25) is 5.91 Å². The summed E-state index contributed by atoms with van der Waals surface area (Å²) in [5, 5.41) is 6.13. The lowest BCUT2D eigenvalue weighted by Crippen LogP contribution is -2.44. The van der Waals surface area contributed by atoms with Crippen molar-refractivity contribution in [3.8, 4) is 0 Å². The molecular formula is C16H28N4O. The van der Waals surface area contributed by atoms with Gasteiger partial charge in [-0.3, -0.25) is 4.79 Å². The molecule has 0 fully saturated rings. The summed E-state index contributed by atoms with van der Waals surface area (Å²) >= 11 is 0. The van der Waals surface area contributed by atoms with Crippen molar-refractivity contribution in [2.75, 3.05) is 40.3 Å². The third-order valence-electron chi connectivity index (χ3n) is 3.25. The molecule has 0 saturated carbocycles. The van der Waals surface area contributed by atoms with Gasteiger partial charge in [0.1, 0.15) is 0 Å². The highest BCUT2D eigenvalue weighted by atomic mass is 16.2. The van der Waals surface area contributed by atoms with Crippen LogP contribution in [0.5, 0.6) is 0 Å². The van der Waals surface area contributed by atoms with Crippen LogP contribution in [-0.2, 0) is 11.2 Å². The van der Waals surface area contributed by atoms with Crippen LogP contribution >= 0.6 is 0 Å². The summed E-state index contributed by atoms with van der Waals surface area (Å²) < 4.78 is 0. The van der Waals surface area contributed by atoms with Crippen LogP contribution in [0.2, 0.25) is 0 Å². The van der Waals surface area contributed by atoms with Crippen LogP contribution in [0.4, 0.5) is 0 Å². The van der Waals surface area contributed by atoms with Crippen molar-refractivity contribution in [2.24, 2.45) is 5.73 Å². The van der Waals surface area contributed by atoms with Gasteiger partial charge in [0.25, 0.3) is 0 Å². The average Bonchev–Trinajstić information content (AvgIpc) is 2.44. The Hall–Kier alpha value is -1.43. The third-order valence-corrected chi connectivity index (χ3v) is 3.25. The molecule has 0 aliphatic carbocycles. The first-order chi connectivity index (χ1) is 9.99. The molecule has 0 aliphatic heterocycles. The second-order valence-corrected chi connectivity index (χ2v) is 5.64. The second-order valence-electron chi connectivity index (χ2n) is 5.64. The fourth-order valence-electron chi connectivity index (χ4n) is 1.90. The molecule has 0 aromatic heterocycles. The Morgan fingerprint density at radius 2 is 1.86 bits per heavy atom. The summed E-state index contributed by atoms with van der Waals surface area (Å²) in [6, 6.07) is 7.62. The number of hydrogen-bond acceptors (Lipinski definition) is 4. The number of benzene rings is 1. The minimum atomic E-state index is -0.491. The molecule has 0 aliphatic rings. The zero-order valence-electron chi connectivity index (χ0n) is 13.4. The van der Waals surface area contributed by atoms with Crippen LogP contribution < -0.4 is 16.4 Å². The minimum Gasteiger partial charge on any atom is -0.353 e. The SMILES string of the molecule is Cc1ccc(CC(N)C(=O)NCCNCCN(C)C)cc1. The summed E-state index contributed by atoms with van der Waals surface area (Å²) in [7, 11) is 4.07. The van der Waals surface area contributed by atoms with E-state index in [2.05, 4.69) is 15.5 Å². The van der Waals surface area contributed by atoms with Crippen LogP contribution in [0.15, 0.2) is 24.3 Å². The molecule has 0 spiro atoms.